The normalized spacial score (nSPS) is 21.8. The fourth-order valence-electron chi connectivity index (χ4n) is 4.13. The van der Waals surface area contributed by atoms with Crippen LogP contribution in [0.3, 0.4) is 0 Å². The van der Waals surface area contributed by atoms with Gasteiger partial charge in [-0.1, -0.05) is 36.4 Å². The van der Waals surface area contributed by atoms with Crippen molar-refractivity contribution in [3.05, 3.63) is 53.4 Å². The third-order valence-corrected chi connectivity index (χ3v) is 9.17. The number of thiophene rings is 1. The summed E-state index contributed by atoms with van der Waals surface area (Å²) in [7, 11) is -3.49. The first-order chi connectivity index (χ1) is 14.4. The van der Waals surface area contributed by atoms with E-state index in [1.165, 1.54) is 15.6 Å². The van der Waals surface area contributed by atoms with Crippen molar-refractivity contribution in [2.45, 2.75) is 23.6 Å². The number of hydrogen-bond acceptors (Lipinski definition) is 5. The first kappa shape index (κ1) is 21.0. The summed E-state index contributed by atoms with van der Waals surface area (Å²) in [4.78, 5) is 29.1. The van der Waals surface area contributed by atoms with Crippen LogP contribution in [0.5, 0.6) is 0 Å². The molecule has 1 aromatic heterocycles. The molecule has 0 bridgehead atoms. The Morgan fingerprint density at radius 3 is 2.40 bits per heavy atom. The van der Waals surface area contributed by atoms with Gasteiger partial charge in [-0.15, -0.1) is 11.3 Å². The van der Waals surface area contributed by atoms with Gasteiger partial charge in [-0.2, -0.15) is 4.31 Å². The lowest BCUT2D eigenvalue weighted by molar-refractivity contribution is -0.137. The highest BCUT2D eigenvalue weighted by Crippen LogP contribution is 2.30. The van der Waals surface area contributed by atoms with Gasteiger partial charge < -0.3 is 9.80 Å². The molecule has 7 nitrogen and oxygen atoms in total. The zero-order valence-electron chi connectivity index (χ0n) is 16.8. The van der Waals surface area contributed by atoms with Crippen molar-refractivity contribution in [2.75, 3.05) is 32.7 Å². The summed E-state index contributed by atoms with van der Waals surface area (Å²) in [6.07, 6.45) is 0.212. The standard InChI is InChI=1S/C21H25N3O4S2/c1-16(17-6-3-2-4-7-17)24-15-18(14-19(24)25)21(26)22-9-11-23(12-10-22)30(27,28)20-8-5-13-29-20/h2-8,13,16,18H,9-12,14-15H2,1H3/t16-,18+/m1/s1. The summed E-state index contributed by atoms with van der Waals surface area (Å²) < 4.78 is 27.1. The Labute approximate surface area is 180 Å². The van der Waals surface area contributed by atoms with Gasteiger partial charge in [-0.3, -0.25) is 9.59 Å². The lowest BCUT2D eigenvalue weighted by Gasteiger charge is -2.35. The molecule has 2 amide bonds. The quantitative estimate of drug-likeness (QED) is 0.704. The first-order valence-corrected chi connectivity index (χ1v) is 12.4. The summed E-state index contributed by atoms with van der Waals surface area (Å²) in [5, 5.41) is 1.74. The lowest BCUT2D eigenvalue weighted by atomic mass is 10.1. The molecule has 1 aromatic carbocycles. The summed E-state index contributed by atoms with van der Waals surface area (Å²) in [5.41, 5.74) is 1.05. The van der Waals surface area contributed by atoms with Gasteiger partial charge in [-0.05, 0) is 23.9 Å². The molecule has 2 aliphatic rings. The second kappa shape index (κ2) is 8.49. The molecule has 30 heavy (non-hydrogen) atoms. The molecule has 9 heteroatoms. The fraction of sp³-hybridized carbons (Fsp3) is 0.429. The lowest BCUT2D eigenvalue weighted by Crippen LogP contribution is -2.52. The van der Waals surface area contributed by atoms with Crippen LogP contribution in [0.2, 0.25) is 0 Å². The average Bonchev–Trinajstić information content (AvgIpc) is 3.44. The maximum Gasteiger partial charge on any atom is 0.252 e. The molecule has 0 radical (unpaired) electrons. The number of carbonyl (C=O) groups is 2. The fourth-order valence-corrected chi connectivity index (χ4v) is 6.69. The number of benzene rings is 1. The molecule has 0 unspecified atom stereocenters. The number of likely N-dealkylation sites (tertiary alicyclic amines) is 1. The van der Waals surface area contributed by atoms with Crippen LogP contribution in [0.1, 0.15) is 24.9 Å². The number of piperazine rings is 1. The van der Waals surface area contributed by atoms with E-state index in [4.69, 9.17) is 0 Å². The SMILES string of the molecule is C[C@H](c1ccccc1)N1C[C@@H](C(=O)N2CCN(S(=O)(=O)c3cccs3)CC2)CC1=O. The molecule has 160 valence electrons. The molecule has 2 atom stereocenters. The number of amides is 2. The van der Waals surface area contributed by atoms with Crippen molar-refractivity contribution >= 4 is 33.2 Å². The molecule has 0 aliphatic carbocycles. The number of carbonyl (C=O) groups excluding carboxylic acids is 2. The molecule has 0 N–H and O–H groups in total. The van der Waals surface area contributed by atoms with E-state index in [2.05, 4.69) is 0 Å². The Morgan fingerprint density at radius 1 is 1.07 bits per heavy atom. The highest BCUT2D eigenvalue weighted by atomic mass is 32.2. The molecule has 0 spiro atoms. The Hall–Kier alpha value is -2.23. The average molecular weight is 448 g/mol. The summed E-state index contributed by atoms with van der Waals surface area (Å²) in [6.45, 7) is 3.63. The van der Waals surface area contributed by atoms with Gasteiger partial charge in [0.15, 0.2) is 0 Å². The minimum absolute atomic E-state index is 0.0105. The Balaban J connectivity index is 1.36. The summed E-state index contributed by atoms with van der Waals surface area (Å²) >= 11 is 1.20. The predicted octanol–water partition coefficient (Wildman–Crippen LogP) is 2.19. The van der Waals surface area contributed by atoms with Gasteiger partial charge in [0.05, 0.1) is 12.0 Å². The van der Waals surface area contributed by atoms with E-state index in [1.807, 2.05) is 37.3 Å². The van der Waals surface area contributed by atoms with E-state index < -0.39 is 10.0 Å². The molecule has 2 aromatic rings. The van der Waals surface area contributed by atoms with Crippen molar-refractivity contribution in [1.82, 2.24) is 14.1 Å². The zero-order chi connectivity index (χ0) is 21.3. The third-order valence-electron chi connectivity index (χ3n) is 5.90. The largest absolute Gasteiger partial charge is 0.340 e. The topological polar surface area (TPSA) is 78.0 Å². The molecule has 3 heterocycles. The van der Waals surface area contributed by atoms with Crippen molar-refractivity contribution < 1.29 is 18.0 Å². The summed E-state index contributed by atoms with van der Waals surface area (Å²) in [5.74, 6) is -0.438. The van der Waals surface area contributed by atoms with Crippen molar-refractivity contribution in [3.63, 3.8) is 0 Å². The van der Waals surface area contributed by atoms with E-state index in [1.54, 1.807) is 27.3 Å². The molecular weight excluding hydrogens is 422 g/mol. The number of sulfonamides is 1. The van der Waals surface area contributed by atoms with Crippen molar-refractivity contribution in [2.24, 2.45) is 5.92 Å². The molecule has 2 fully saturated rings. The number of rotatable bonds is 5. The number of hydrogen-bond donors (Lipinski definition) is 0. The second-order valence-electron chi connectivity index (χ2n) is 7.70. The van der Waals surface area contributed by atoms with E-state index >= 15 is 0 Å². The Morgan fingerprint density at radius 2 is 1.77 bits per heavy atom. The zero-order valence-corrected chi connectivity index (χ0v) is 18.4. The van der Waals surface area contributed by atoms with Gasteiger partial charge in [0, 0.05) is 39.1 Å². The molecule has 4 rings (SSSR count). The predicted molar refractivity (Wildman–Crippen MR) is 114 cm³/mol. The van der Waals surface area contributed by atoms with Gasteiger partial charge >= 0.3 is 0 Å². The van der Waals surface area contributed by atoms with Crippen LogP contribution >= 0.6 is 11.3 Å². The number of nitrogens with zero attached hydrogens (tertiary/aromatic N) is 3. The van der Waals surface area contributed by atoms with Crippen LogP contribution < -0.4 is 0 Å². The highest BCUT2D eigenvalue weighted by Gasteiger charge is 2.40. The summed E-state index contributed by atoms with van der Waals surface area (Å²) in [6, 6.07) is 13.0. The second-order valence-corrected chi connectivity index (χ2v) is 10.8. The smallest absolute Gasteiger partial charge is 0.252 e. The van der Waals surface area contributed by atoms with E-state index in [9.17, 15) is 18.0 Å². The van der Waals surface area contributed by atoms with Crippen LogP contribution in [0, 0.1) is 5.92 Å². The van der Waals surface area contributed by atoms with Crippen molar-refractivity contribution in [1.29, 1.82) is 0 Å². The van der Waals surface area contributed by atoms with Crippen LogP contribution in [0.15, 0.2) is 52.1 Å². The monoisotopic (exact) mass is 447 g/mol. The maximum absolute atomic E-state index is 13.0. The van der Waals surface area contributed by atoms with Gasteiger partial charge in [0.1, 0.15) is 4.21 Å². The van der Waals surface area contributed by atoms with E-state index in [-0.39, 0.29) is 43.3 Å². The van der Waals surface area contributed by atoms with E-state index in [0.717, 1.165) is 5.56 Å². The highest BCUT2D eigenvalue weighted by molar-refractivity contribution is 7.91. The van der Waals surface area contributed by atoms with Crippen molar-refractivity contribution in [3.8, 4) is 0 Å². The molecule has 2 saturated heterocycles. The third kappa shape index (κ3) is 4.01. The Bertz CT molecular complexity index is 1000. The minimum Gasteiger partial charge on any atom is -0.340 e. The minimum atomic E-state index is -3.49. The van der Waals surface area contributed by atoms with Gasteiger partial charge in [0.2, 0.25) is 11.8 Å². The molecular formula is C21H25N3O4S2. The maximum atomic E-state index is 13.0. The Kier molecular flexibility index (Phi) is 5.95. The van der Waals surface area contributed by atoms with Crippen LogP contribution in [-0.2, 0) is 19.6 Å². The molecule has 0 saturated carbocycles. The van der Waals surface area contributed by atoms with Gasteiger partial charge in [-0.25, -0.2) is 8.42 Å². The van der Waals surface area contributed by atoms with Crippen LogP contribution in [-0.4, -0.2) is 67.1 Å². The first-order valence-electron chi connectivity index (χ1n) is 10.0. The van der Waals surface area contributed by atoms with Crippen LogP contribution in [0.25, 0.3) is 0 Å². The van der Waals surface area contributed by atoms with Crippen LogP contribution in [0.4, 0.5) is 0 Å². The van der Waals surface area contributed by atoms with E-state index in [0.29, 0.717) is 23.8 Å². The molecule has 2 aliphatic heterocycles. The van der Waals surface area contributed by atoms with Gasteiger partial charge in [0.25, 0.3) is 10.0 Å².